The maximum Gasteiger partial charge on any atom is 0.227 e. The minimum Gasteiger partial charge on any atom is -0.384 e. The fourth-order valence-corrected chi connectivity index (χ4v) is 3.51. The first-order chi connectivity index (χ1) is 12.3. The molecule has 2 saturated heterocycles. The summed E-state index contributed by atoms with van der Waals surface area (Å²) >= 11 is 0. The molecule has 25 heavy (non-hydrogen) atoms. The van der Waals surface area contributed by atoms with E-state index in [9.17, 15) is 0 Å². The van der Waals surface area contributed by atoms with Crippen molar-refractivity contribution in [2.75, 3.05) is 50.0 Å². The third-order valence-electron chi connectivity index (χ3n) is 4.86. The zero-order chi connectivity index (χ0) is 17.1. The Morgan fingerprint density at radius 1 is 1.00 bits per heavy atom. The van der Waals surface area contributed by atoms with Crippen LogP contribution in [0, 0.1) is 0 Å². The van der Waals surface area contributed by atoms with Crippen molar-refractivity contribution in [2.24, 2.45) is 0 Å². The second kappa shape index (κ2) is 7.37. The molecule has 0 bridgehead atoms. The molecule has 2 aliphatic rings. The van der Waals surface area contributed by atoms with E-state index in [-0.39, 0.29) is 0 Å². The van der Waals surface area contributed by atoms with Gasteiger partial charge in [-0.15, -0.1) is 0 Å². The number of rotatable bonds is 4. The van der Waals surface area contributed by atoms with E-state index in [1.165, 1.54) is 18.4 Å². The summed E-state index contributed by atoms with van der Waals surface area (Å²) in [4.78, 5) is 13.8. The highest BCUT2D eigenvalue weighted by molar-refractivity contribution is 5.64. The molecular formula is C19H25N5O. The van der Waals surface area contributed by atoms with Gasteiger partial charge in [0.25, 0.3) is 0 Å². The molecule has 132 valence electrons. The van der Waals surface area contributed by atoms with Gasteiger partial charge >= 0.3 is 0 Å². The third kappa shape index (κ3) is 3.91. The van der Waals surface area contributed by atoms with E-state index in [1.807, 2.05) is 6.07 Å². The Morgan fingerprint density at radius 2 is 1.80 bits per heavy atom. The van der Waals surface area contributed by atoms with Gasteiger partial charge in [0, 0.05) is 44.4 Å². The van der Waals surface area contributed by atoms with E-state index < -0.39 is 0 Å². The van der Waals surface area contributed by atoms with Gasteiger partial charge < -0.3 is 15.4 Å². The molecular weight excluding hydrogens is 314 g/mol. The first-order valence-electron chi connectivity index (χ1n) is 9.07. The molecule has 1 aromatic heterocycles. The lowest BCUT2D eigenvalue weighted by molar-refractivity contribution is 0.0342. The van der Waals surface area contributed by atoms with Crippen molar-refractivity contribution in [3.05, 3.63) is 35.9 Å². The van der Waals surface area contributed by atoms with Crippen LogP contribution in [-0.4, -0.2) is 54.3 Å². The Kier molecular flexibility index (Phi) is 4.81. The monoisotopic (exact) mass is 339 g/mol. The van der Waals surface area contributed by atoms with E-state index in [0.29, 0.717) is 5.82 Å². The number of nitrogens with zero attached hydrogens (tertiary/aromatic N) is 4. The molecule has 0 amide bonds. The summed E-state index contributed by atoms with van der Waals surface area (Å²) in [5.41, 5.74) is 9.34. The van der Waals surface area contributed by atoms with Crippen molar-refractivity contribution in [1.82, 2.24) is 14.9 Å². The summed E-state index contributed by atoms with van der Waals surface area (Å²) in [6, 6.07) is 10.4. The van der Waals surface area contributed by atoms with Crippen LogP contribution in [-0.2, 0) is 11.3 Å². The summed E-state index contributed by atoms with van der Waals surface area (Å²) in [6.07, 6.45) is 2.39. The van der Waals surface area contributed by atoms with E-state index in [1.54, 1.807) is 0 Å². The Labute approximate surface area is 148 Å². The fourth-order valence-electron chi connectivity index (χ4n) is 3.51. The maximum atomic E-state index is 6.05. The van der Waals surface area contributed by atoms with Gasteiger partial charge in [-0.05, 0) is 24.5 Å². The lowest BCUT2D eigenvalue weighted by Crippen LogP contribution is -2.35. The van der Waals surface area contributed by atoms with Crippen molar-refractivity contribution in [2.45, 2.75) is 19.4 Å². The molecule has 0 spiro atoms. The quantitative estimate of drug-likeness (QED) is 0.921. The molecule has 6 nitrogen and oxygen atoms in total. The fraction of sp³-hybridized carbons (Fsp3) is 0.474. The number of benzene rings is 1. The molecule has 6 heteroatoms. The van der Waals surface area contributed by atoms with Gasteiger partial charge in [0.1, 0.15) is 5.82 Å². The molecule has 0 unspecified atom stereocenters. The largest absolute Gasteiger partial charge is 0.384 e. The number of hydrogen-bond acceptors (Lipinski definition) is 6. The van der Waals surface area contributed by atoms with E-state index in [4.69, 9.17) is 15.5 Å². The second-order valence-electron chi connectivity index (χ2n) is 6.76. The lowest BCUT2D eigenvalue weighted by atomic mass is 10.1. The number of hydrogen-bond donors (Lipinski definition) is 1. The van der Waals surface area contributed by atoms with Crippen molar-refractivity contribution in [1.29, 1.82) is 0 Å². The topological polar surface area (TPSA) is 67.5 Å². The maximum absolute atomic E-state index is 6.05. The summed E-state index contributed by atoms with van der Waals surface area (Å²) in [5.74, 6) is 1.29. The average molecular weight is 339 g/mol. The minimum atomic E-state index is 0.533. The lowest BCUT2D eigenvalue weighted by Gasteiger charge is -2.26. The molecule has 2 N–H and O–H groups in total. The molecule has 3 heterocycles. The van der Waals surface area contributed by atoms with Gasteiger partial charge in [-0.3, -0.25) is 4.90 Å². The average Bonchev–Trinajstić information content (AvgIpc) is 3.17. The number of morpholine rings is 1. The number of nitrogens with two attached hydrogens (primary N) is 1. The summed E-state index contributed by atoms with van der Waals surface area (Å²) in [5, 5.41) is 0. The van der Waals surface area contributed by atoms with Crippen LogP contribution in [0.2, 0.25) is 0 Å². The van der Waals surface area contributed by atoms with Crippen LogP contribution in [0.3, 0.4) is 0 Å². The van der Waals surface area contributed by atoms with Crippen LogP contribution in [0.5, 0.6) is 0 Å². The zero-order valence-electron chi connectivity index (χ0n) is 14.5. The van der Waals surface area contributed by atoms with Gasteiger partial charge in [0.15, 0.2) is 0 Å². The molecule has 2 aliphatic heterocycles. The molecule has 2 aromatic rings. The van der Waals surface area contributed by atoms with Crippen LogP contribution in [0.25, 0.3) is 11.3 Å². The SMILES string of the molecule is Nc1cc(-c2cccc(CN3CCOCC3)c2)nc(N2CCCC2)n1. The summed E-state index contributed by atoms with van der Waals surface area (Å²) in [6.45, 7) is 6.59. The van der Waals surface area contributed by atoms with Crippen LogP contribution < -0.4 is 10.6 Å². The van der Waals surface area contributed by atoms with Gasteiger partial charge in [-0.25, -0.2) is 4.98 Å². The first kappa shape index (κ1) is 16.3. The molecule has 2 fully saturated rings. The molecule has 0 atom stereocenters. The normalized spacial score (nSPS) is 18.6. The number of nitrogen functional groups attached to an aromatic ring is 1. The van der Waals surface area contributed by atoms with E-state index in [0.717, 1.165) is 63.1 Å². The van der Waals surface area contributed by atoms with Crippen molar-refractivity contribution in [3.63, 3.8) is 0 Å². The first-order valence-corrected chi connectivity index (χ1v) is 9.07. The predicted octanol–water partition coefficient (Wildman–Crippen LogP) is 2.16. The molecule has 1 aromatic carbocycles. The van der Waals surface area contributed by atoms with Crippen LogP contribution in [0.1, 0.15) is 18.4 Å². The van der Waals surface area contributed by atoms with Crippen molar-refractivity contribution in [3.8, 4) is 11.3 Å². The smallest absolute Gasteiger partial charge is 0.227 e. The predicted molar refractivity (Wildman–Crippen MR) is 99.4 cm³/mol. The highest BCUT2D eigenvalue weighted by Crippen LogP contribution is 2.25. The molecule has 0 aliphatic carbocycles. The Hall–Kier alpha value is -2.18. The van der Waals surface area contributed by atoms with Crippen molar-refractivity contribution >= 4 is 11.8 Å². The van der Waals surface area contributed by atoms with Crippen molar-refractivity contribution < 1.29 is 4.74 Å². The Balaban J connectivity index is 1.57. The van der Waals surface area contributed by atoms with E-state index in [2.05, 4.69) is 39.0 Å². The number of aromatic nitrogens is 2. The number of ether oxygens (including phenoxy) is 1. The van der Waals surface area contributed by atoms with Gasteiger partial charge in [-0.2, -0.15) is 4.98 Å². The minimum absolute atomic E-state index is 0.533. The zero-order valence-corrected chi connectivity index (χ0v) is 14.5. The second-order valence-corrected chi connectivity index (χ2v) is 6.76. The van der Waals surface area contributed by atoms with Crippen LogP contribution >= 0.6 is 0 Å². The number of anilines is 2. The molecule has 0 saturated carbocycles. The molecule has 4 rings (SSSR count). The standard InChI is InChI=1S/C19H25N5O/c20-18-13-17(21-19(22-18)24-6-1-2-7-24)16-5-3-4-15(12-16)14-23-8-10-25-11-9-23/h3-5,12-13H,1-2,6-11,14H2,(H2,20,21,22). The Morgan fingerprint density at radius 3 is 2.60 bits per heavy atom. The van der Waals surface area contributed by atoms with Crippen LogP contribution in [0.15, 0.2) is 30.3 Å². The van der Waals surface area contributed by atoms with Crippen LogP contribution in [0.4, 0.5) is 11.8 Å². The Bertz CT molecular complexity index is 724. The van der Waals surface area contributed by atoms with E-state index >= 15 is 0 Å². The molecule has 0 radical (unpaired) electrons. The van der Waals surface area contributed by atoms with Gasteiger partial charge in [0.05, 0.1) is 18.9 Å². The third-order valence-corrected chi connectivity index (χ3v) is 4.86. The van der Waals surface area contributed by atoms with Gasteiger partial charge in [-0.1, -0.05) is 18.2 Å². The highest BCUT2D eigenvalue weighted by Gasteiger charge is 2.17. The van der Waals surface area contributed by atoms with Gasteiger partial charge in [0.2, 0.25) is 5.95 Å². The summed E-state index contributed by atoms with van der Waals surface area (Å²) < 4.78 is 5.43. The highest BCUT2D eigenvalue weighted by atomic mass is 16.5. The summed E-state index contributed by atoms with van der Waals surface area (Å²) in [7, 11) is 0.